The number of halogens is 1. The first-order chi connectivity index (χ1) is 23.7. The number of anilines is 2. The van der Waals surface area contributed by atoms with Crippen LogP contribution in [0.25, 0.3) is 22.5 Å². The maximum absolute atomic E-state index is 12.3. The van der Waals surface area contributed by atoms with E-state index in [-0.39, 0.29) is 34.8 Å². The van der Waals surface area contributed by atoms with Gasteiger partial charge in [-0.25, -0.2) is 19.9 Å². The third kappa shape index (κ3) is 10.7. The summed E-state index contributed by atoms with van der Waals surface area (Å²) in [4.78, 5) is 60.9. The highest BCUT2D eigenvalue weighted by Crippen LogP contribution is 2.29. The van der Waals surface area contributed by atoms with Gasteiger partial charge in [0.1, 0.15) is 35.8 Å². The molecule has 2 saturated heterocycles. The number of nitrogen functional groups attached to an aromatic ring is 1. The Bertz CT molecular complexity index is 1750. The summed E-state index contributed by atoms with van der Waals surface area (Å²) in [6.45, 7) is 0.760. The minimum atomic E-state index is -0.347. The lowest BCUT2D eigenvalue weighted by atomic mass is 9.98. The number of aromatic nitrogens is 4. The quantitative estimate of drug-likeness (QED) is 0.207. The molecule has 3 amide bonds. The third-order valence-electron chi connectivity index (χ3n) is 7.60. The van der Waals surface area contributed by atoms with Crippen molar-refractivity contribution < 1.29 is 28.7 Å². The van der Waals surface area contributed by atoms with Crippen molar-refractivity contribution in [1.82, 2.24) is 30.6 Å². The average Bonchev–Trinajstić information content (AvgIpc) is 3.12. The summed E-state index contributed by atoms with van der Waals surface area (Å²) in [6, 6.07) is 18.6. The molecule has 2 aromatic carbocycles. The molecule has 0 aliphatic carbocycles. The van der Waals surface area contributed by atoms with Gasteiger partial charge in [-0.1, -0.05) is 24.3 Å². The molecule has 2 aromatic heterocycles. The second-order valence-corrected chi connectivity index (χ2v) is 11.3. The van der Waals surface area contributed by atoms with Crippen molar-refractivity contribution in [2.24, 2.45) is 11.8 Å². The van der Waals surface area contributed by atoms with Crippen molar-refractivity contribution >= 4 is 46.2 Å². The van der Waals surface area contributed by atoms with Crippen LogP contribution in [0.2, 0.25) is 0 Å². The van der Waals surface area contributed by atoms with Gasteiger partial charge in [-0.3, -0.25) is 19.2 Å². The lowest BCUT2D eigenvalue weighted by Gasteiger charge is -2.21. The lowest BCUT2D eigenvalue weighted by Crippen LogP contribution is -2.40. The Morgan fingerprint density at radius 1 is 0.776 bits per heavy atom. The van der Waals surface area contributed by atoms with Gasteiger partial charge in [0, 0.05) is 49.2 Å². The van der Waals surface area contributed by atoms with Crippen LogP contribution < -0.4 is 31.2 Å². The second-order valence-electron chi connectivity index (χ2n) is 10.9. The van der Waals surface area contributed by atoms with Crippen LogP contribution in [0.15, 0.2) is 73.3 Å². The molecular weight excluding hydrogens is 652 g/mol. The van der Waals surface area contributed by atoms with Gasteiger partial charge in [0.05, 0.1) is 37.4 Å². The average molecular weight is 689 g/mol. The molecule has 4 heterocycles. The zero-order valence-electron chi connectivity index (χ0n) is 27.0. The zero-order valence-corrected chi connectivity index (χ0v) is 27.8. The fourth-order valence-corrected chi connectivity index (χ4v) is 5.10. The van der Waals surface area contributed by atoms with Gasteiger partial charge in [-0.05, 0) is 48.7 Å². The summed E-state index contributed by atoms with van der Waals surface area (Å²) in [5.74, 6) is 1.78. The van der Waals surface area contributed by atoms with Crippen molar-refractivity contribution in [3.05, 3.63) is 73.3 Å². The van der Waals surface area contributed by atoms with Crippen LogP contribution in [-0.4, -0.2) is 70.2 Å². The van der Waals surface area contributed by atoms with Crippen molar-refractivity contribution in [1.29, 1.82) is 0 Å². The molecular formula is C34H37ClN8O6. The van der Waals surface area contributed by atoms with Gasteiger partial charge in [0.25, 0.3) is 0 Å². The SMILES string of the molecule is COc1ccccc1-c1cc(N)ncn1.COc1ccccc1-c1cc(NC(=O)C2CCC(=O)NC2)ncn1.O=C1CCC(C(=O)Cl)CN1. The normalized spacial score (nSPS) is 16.6. The van der Waals surface area contributed by atoms with Gasteiger partial charge in [-0.15, -0.1) is 0 Å². The number of nitrogens with zero attached hydrogens (tertiary/aromatic N) is 4. The van der Waals surface area contributed by atoms with Crippen LogP contribution in [0.3, 0.4) is 0 Å². The lowest BCUT2D eigenvalue weighted by molar-refractivity contribution is -0.127. The number of nitrogens with one attached hydrogen (secondary N) is 3. The highest BCUT2D eigenvalue weighted by molar-refractivity contribution is 6.64. The molecule has 4 aromatic rings. The van der Waals surface area contributed by atoms with E-state index >= 15 is 0 Å². The number of ether oxygens (including phenoxy) is 2. The number of hydrogen-bond donors (Lipinski definition) is 4. The van der Waals surface area contributed by atoms with Crippen molar-refractivity contribution in [3.63, 3.8) is 0 Å². The smallest absolute Gasteiger partial charge is 0.230 e. The number of hydrogen-bond acceptors (Lipinski definition) is 11. The Balaban J connectivity index is 0.000000184. The summed E-state index contributed by atoms with van der Waals surface area (Å²) in [5.41, 5.74) is 8.75. The predicted octanol–water partition coefficient (Wildman–Crippen LogP) is 3.63. The van der Waals surface area contributed by atoms with Gasteiger partial charge in [0.2, 0.25) is 23.0 Å². The Morgan fingerprint density at radius 2 is 1.29 bits per heavy atom. The van der Waals surface area contributed by atoms with E-state index in [1.54, 1.807) is 26.4 Å². The monoisotopic (exact) mass is 688 g/mol. The van der Waals surface area contributed by atoms with Gasteiger partial charge < -0.3 is 31.2 Å². The molecule has 0 bridgehead atoms. The molecule has 2 atom stereocenters. The van der Waals surface area contributed by atoms with Crippen molar-refractivity contribution in [2.45, 2.75) is 25.7 Å². The largest absolute Gasteiger partial charge is 0.496 e. The van der Waals surface area contributed by atoms with Crippen LogP contribution in [0, 0.1) is 11.8 Å². The molecule has 0 spiro atoms. The second kappa shape index (κ2) is 18.1. The zero-order chi connectivity index (χ0) is 35.2. The maximum Gasteiger partial charge on any atom is 0.230 e. The van der Waals surface area contributed by atoms with Crippen molar-refractivity contribution in [2.75, 3.05) is 38.4 Å². The molecule has 5 N–H and O–H groups in total. The number of benzene rings is 2. The summed E-state index contributed by atoms with van der Waals surface area (Å²) in [6.07, 6.45) is 4.77. The minimum Gasteiger partial charge on any atom is -0.496 e. The van der Waals surface area contributed by atoms with Crippen LogP contribution in [0.5, 0.6) is 11.5 Å². The predicted molar refractivity (Wildman–Crippen MR) is 183 cm³/mol. The van der Waals surface area contributed by atoms with E-state index < -0.39 is 0 Å². The number of carbonyl (C=O) groups is 4. The molecule has 2 aliphatic heterocycles. The molecule has 15 heteroatoms. The Morgan fingerprint density at radius 3 is 1.78 bits per heavy atom. The number of rotatable bonds is 7. The van der Waals surface area contributed by atoms with Gasteiger partial charge in [0.15, 0.2) is 0 Å². The molecule has 0 saturated carbocycles. The Hall–Kier alpha value is -5.63. The van der Waals surface area contributed by atoms with Crippen LogP contribution >= 0.6 is 11.6 Å². The van der Waals surface area contributed by atoms with E-state index in [2.05, 4.69) is 35.9 Å². The van der Waals surface area contributed by atoms with Gasteiger partial charge in [-0.2, -0.15) is 0 Å². The number of piperidine rings is 2. The molecule has 14 nitrogen and oxygen atoms in total. The Labute approximate surface area is 288 Å². The molecule has 2 unspecified atom stereocenters. The first-order valence-corrected chi connectivity index (χ1v) is 15.8. The number of para-hydroxylation sites is 2. The molecule has 256 valence electrons. The van der Waals surface area contributed by atoms with Gasteiger partial charge >= 0.3 is 0 Å². The molecule has 2 aliphatic rings. The fraction of sp³-hybridized carbons (Fsp3) is 0.294. The highest BCUT2D eigenvalue weighted by Gasteiger charge is 2.25. The van der Waals surface area contributed by atoms with Crippen LogP contribution in [0.4, 0.5) is 11.6 Å². The van der Waals surface area contributed by atoms with E-state index in [1.807, 2.05) is 48.5 Å². The number of nitrogens with two attached hydrogens (primary N) is 1. The topological polar surface area (TPSA) is 200 Å². The minimum absolute atomic E-state index is 0.00849. The van der Waals surface area contributed by atoms with Crippen LogP contribution in [-0.2, 0) is 19.2 Å². The molecule has 49 heavy (non-hydrogen) atoms. The highest BCUT2D eigenvalue weighted by atomic mass is 35.5. The van der Waals surface area contributed by atoms with E-state index in [0.717, 1.165) is 22.6 Å². The third-order valence-corrected chi connectivity index (χ3v) is 7.90. The number of carbonyl (C=O) groups excluding carboxylic acids is 4. The standard InChI is InChI=1S/C17H18N4O3.C11H11N3O.C6H8ClNO2/c1-24-14-5-3-2-4-12(14)13-8-15(20-10-19-13)21-17(23)11-6-7-16(22)18-9-11;1-15-10-5-3-2-4-8(10)9-6-11(12)14-7-13-9;7-6(10)4-1-2-5(9)8-3-4/h2-5,8,10-11H,6-7,9H2,1H3,(H,18,22)(H,19,20,21,23);2-7H,1H3,(H2,12,13,14);4H,1-3H2,(H,8,9). The number of amides is 3. The van der Waals surface area contributed by atoms with E-state index in [9.17, 15) is 19.2 Å². The van der Waals surface area contributed by atoms with E-state index in [4.69, 9.17) is 26.8 Å². The maximum atomic E-state index is 12.3. The molecule has 6 rings (SSSR count). The molecule has 0 radical (unpaired) electrons. The van der Waals surface area contributed by atoms with Crippen LogP contribution in [0.1, 0.15) is 25.7 Å². The fourth-order valence-electron chi connectivity index (χ4n) is 4.92. The number of methoxy groups -OCH3 is 2. The van der Waals surface area contributed by atoms with E-state index in [0.29, 0.717) is 61.9 Å². The summed E-state index contributed by atoms with van der Waals surface area (Å²) in [7, 11) is 3.23. The summed E-state index contributed by atoms with van der Waals surface area (Å²) >= 11 is 5.21. The van der Waals surface area contributed by atoms with E-state index in [1.165, 1.54) is 12.7 Å². The summed E-state index contributed by atoms with van der Waals surface area (Å²) < 4.78 is 10.6. The first-order valence-electron chi connectivity index (χ1n) is 15.4. The molecule has 2 fully saturated rings. The Kier molecular flexibility index (Phi) is 13.3. The first kappa shape index (κ1) is 36.2. The van der Waals surface area contributed by atoms with Crippen molar-refractivity contribution in [3.8, 4) is 34.0 Å². The summed E-state index contributed by atoms with van der Waals surface area (Å²) in [5, 5.41) is 7.72.